The summed E-state index contributed by atoms with van der Waals surface area (Å²) < 4.78 is 5.68. The molecule has 4 atom stereocenters. The number of amides is 1. The Morgan fingerprint density at radius 3 is 2.75 bits per heavy atom. The van der Waals surface area contributed by atoms with Crippen LogP contribution in [0.5, 0.6) is 0 Å². The molecule has 0 aliphatic carbocycles. The molecule has 2 aliphatic heterocycles. The van der Waals surface area contributed by atoms with E-state index in [2.05, 4.69) is 6.92 Å². The van der Waals surface area contributed by atoms with Gasteiger partial charge in [0.2, 0.25) is 0 Å². The predicted octanol–water partition coefficient (Wildman–Crippen LogP) is 2.52. The number of fused-ring (bicyclic) bond motifs is 2. The van der Waals surface area contributed by atoms with E-state index in [4.69, 9.17) is 4.74 Å². The second kappa shape index (κ2) is 4.86. The molecule has 2 saturated heterocycles. The van der Waals surface area contributed by atoms with Gasteiger partial charge in [-0.1, -0.05) is 44.9 Å². The Labute approximate surface area is 119 Å². The molecule has 2 heterocycles. The molecule has 3 rings (SSSR count). The van der Waals surface area contributed by atoms with Crippen molar-refractivity contribution in [1.82, 2.24) is 0 Å². The van der Waals surface area contributed by atoms with Gasteiger partial charge >= 0.3 is 0 Å². The van der Waals surface area contributed by atoms with Crippen LogP contribution in [-0.4, -0.2) is 23.0 Å². The normalized spacial score (nSPS) is 36.5. The Kier molecular flexibility index (Phi) is 3.30. The zero-order valence-electron chi connectivity index (χ0n) is 12.0. The van der Waals surface area contributed by atoms with Gasteiger partial charge in [0.25, 0.3) is 11.7 Å². The highest BCUT2D eigenvalue weighted by Gasteiger charge is 2.61. The first-order valence-electron chi connectivity index (χ1n) is 7.36. The first-order chi connectivity index (χ1) is 9.58. The highest BCUT2D eigenvalue weighted by molar-refractivity contribution is 6.01. The molecule has 1 amide bonds. The zero-order chi connectivity index (χ0) is 14.3. The van der Waals surface area contributed by atoms with Crippen LogP contribution >= 0.6 is 0 Å². The fraction of sp³-hybridized carbons (Fsp3) is 0.562. The van der Waals surface area contributed by atoms with Crippen molar-refractivity contribution in [1.29, 1.82) is 0 Å². The Balaban J connectivity index is 1.95. The molecule has 4 heteroatoms. The highest BCUT2D eigenvalue weighted by atomic mass is 16.7. The Bertz CT molecular complexity index is 504. The second-order valence-electron chi connectivity index (χ2n) is 5.85. The summed E-state index contributed by atoms with van der Waals surface area (Å²) in [4.78, 5) is 14.2. The molecule has 1 aromatic carbocycles. The topological polar surface area (TPSA) is 49.8 Å². The minimum Gasteiger partial charge on any atom is -0.358 e. The summed E-state index contributed by atoms with van der Waals surface area (Å²) in [5.41, 5.74) is 0.794. The summed E-state index contributed by atoms with van der Waals surface area (Å²) in [5.74, 6) is -1.82. The molecule has 4 nitrogen and oxygen atoms in total. The lowest BCUT2D eigenvalue weighted by Crippen LogP contribution is -2.49. The summed E-state index contributed by atoms with van der Waals surface area (Å²) in [6.45, 7) is 4.05. The minimum atomic E-state index is -1.65. The van der Waals surface area contributed by atoms with Crippen LogP contribution < -0.4 is 4.90 Å². The third-order valence-corrected chi connectivity index (χ3v) is 4.65. The van der Waals surface area contributed by atoms with Gasteiger partial charge in [-0.15, -0.1) is 0 Å². The van der Waals surface area contributed by atoms with Crippen LogP contribution in [0.2, 0.25) is 0 Å². The highest BCUT2D eigenvalue weighted by Crippen LogP contribution is 2.47. The van der Waals surface area contributed by atoms with E-state index in [0.717, 1.165) is 24.9 Å². The summed E-state index contributed by atoms with van der Waals surface area (Å²) in [7, 11) is 0. The lowest BCUT2D eigenvalue weighted by molar-refractivity contribution is -0.248. The van der Waals surface area contributed by atoms with Crippen LogP contribution in [0, 0.1) is 11.8 Å². The number of hydrogen-bond acceptors (Lipinski definition) is 3. The maximum Gasteiger partial charge on any atom is 0.289 e. The molecule has 0 unspecified atom stereocenters. The Morgan fingerprint density at radius 1 is 1.40 bits per heavy atom. The van der Waals surface area contributed by atoms with E-state index in [-0.39, 0.29) is 18.1 Å². The number of carbonyl (C=O) groups is 1. The molecule has 1 N–H and O–H groups in total. The second-order valence-corrected chi connectivity index (χ2v) is 5.85. The third kappa shape index (κ3) is 1.86. The smallest absolute Gasteiger partial charge is 0.289 e. The number of rotatable bonds is 3. The monoisotopic (exact) mass is 275 g/mol. The van der Waals surface area contributed by atoms with Crippen LogP contribution in [0.25, 0.3) is 0 Å². The molecule has 0 spiro atoms. The quantitative estimate of drug-likeness (QED) is 0.922. The molecular weight excluding hydrogens is 254 g/mol. The molecule has 0 radical (unpaired) electrons. The maximum absolute atomic E-state index is 12.6. The molecule has 0 aromatic heterocycles. The van der Waals surface area contributed by atoms with Gasteiger partial charge in [-0.2, -0.15) is 0 Å². The number of anilines is 1. The third-order valence-electron chi connectivity index (χ3n) is 4.65. The summed E-state index contributed by atoms with van der Waals surface area (Å²) in [6, 6.07) is 9.45. The van der Waals surface area contributed by atoms with Gasteiger partial charge in [-0.25, -0.2) is 0 Å². The van der Waals surface area contributed by atoms with Crippen molar-refractivity contribution in [2.24, 2.45) is 11.8 Å². The van der Waals surface area contributed by atoms with Crippen molar-refractivity contribution >= 4 is 11.6 Å². The van der Waals surface area contributed by atoms with E-state index in [1.165, 1.54) is 0 Å². The van der Waals surface area contributed by atoms with Crippen LogP contribution in [0.15, 0.2) is 30.3 Å². The molecule has 108 valence electrons. The number of ether oxygens (including phenoxy) is 1. The van der Waals surface area contributed by atoms with Gasteiger partial charge in [-0.05, 0) is 24.5 Å². The Morgan fingerprint density at radius 2 is 2.10 bits per heavy atom. The van der Waals surface area contributed by atoms with Crippen LogP contribution in [0.1, 0.15) is 33.1 Å². The first-order valence-corrected chi connectivity index (χ1v) is 7.36. The Hall–Kier alpha value is -1.39. The average molecular weight is 275 g/mol. The van der Waals surface area contributed by atoms with E-state index >= 15 is 0 Å². The van der Waals surface area contributed by atoms with Crippen molar-refractivity contribution in [3.63, 3.8) is 0 Å². The van der Waals surface area contributed by atoms with E-state index in [1.54, 1.807) is 4.90 Å². The summed E-state index contributed by atoms with van der Waals surface area (Å²) >= 11 is 0. The molecular formula is C16H21NO3. The van der Waals surface area contributed by atoms with E-state index in [9.17, 15) is 9.90 Å². The van der Waals surface area contributed by atoms with Crippen molar-refractivity contribution in [2.45, 2.75) is 45.1 Å². The van der Waals surface area contributed by atoms with Crippen molar-refractivity contribution in [3.8, 4) is 0 Å². The summed E-state index contributed by atoms with van der Waals surface area (Å²) in [5, 5.41) is 10.7. The van der Waals surface area contributed by atoms with Gasteiger partial charge in [-0.3, -0.25) is 9.69 Å². The predicted molar refractivity (Wildman–Crippen MR) is 75.9 cm³/mol. The van der Waals surface area contributed by atoms with Gasteiger partial charge in [0, 0.05) is 11.6 Å². The lowest BCUT2D eigenvalue weighted by Gasteiger charge is -2.37. The van der Waals surface area contributed by atoms with E-state index < -0.39 is 5.79 Å². The fourth-order valence-electron chi connectivity index (χ4n) is 3.46. The van der Waals surface area contributed by atoms with E-state index in [0.29, 0.717) is 5.92 Å². The number of para-hydroxylation sites is 1. The molecule has 2 bridgehead atoms. The van der Waals surface area contributed by atoms with Crippen molar-refractivity contribution in [2.75, 3.05) is 4.90 Å². The lowest BCUT2D eigenvalue weighted by atomic mass is 9.80. The van der Waals surface area contributed by atoms with Crippen LogP contribution in [-0.2, 0) is 9.53 Å². The van der Waals surface area contributed by atoms with Gasteiger partial charge in [0.1, 0.15) is 6.23 Å². The molecule has 20 heavy (non-hydrogen) atoms. The van der Waals surface area contributed by atoms with E-state index in [1.807, 2.05) is 37.3 Å². The minimum absolute atomic E-state index is 0.167. The number of hydrogen-bond donors (Lipinski definition) is 1. The number of aliphatic hydroxyl groups is 1. The SMILES string of the molecule is CCC[C@@H]1C[C@@H]2O[C@@](O)(C(=O)N2c2ccccc2)[C@@H]1C. The van der Waals surface area contributed by atoms with Gasteiger partial charge < -0.3 is 9.84 Å². The zero-order valence-corrected chi connectivity index (χ0v) is 12.0. The molecule has 1 aromatic rings. The molecule has 2 aliphatic rings. The van der Waals surface area contributed by atoms with Gasteiger partial charge in [0.05, 0.1) is 0 Å². The van der Waals surface area contributed by atoms with Crippen LogP contribution in [0.4, 0.5) is 5.69 Å². The number of benzene rings is 1. The van der Waals surface area contributed by atoms with Gasteiger partial charge in [0.15, 0.2) is 0 Å². The van der Waals surface area contributed by atoms with Crippen molar-refractivity contribution in [3.05, 3.63) is 30.3 Å². The fourth-order valence-corrected chi connectivity index (χ4v) is 3.46. The molecule has 0 saturated carbocycles. The largest absolute Gasteiger partial charge is 0.358 e. The maximum atomic E-state index is 12.6. The number of nitrogens with zero attached hydrogens (tertiary/aromatic N) is 1. The number of carbonyl (C=O) groups excluding carboxylic acids is 1. The van der Waals surface area contributed by atoms with Crippen molar-refractivity contribution < 1.29 is 14.6 Å². The van der Waals surface area contributed by atoms with Crippen LogP contribution in [0.3, 0.4) is 0 Å². The first kappa shape index (κ1) is 13.6. The summed E-state index contributed by atoms with van der Waals surface area (Å²) in [6.07, 6.45) is 2.51. The molecule has 2 fully saturated rings. The average Bonchev–Trinajstić information content (AvgIpc) is 2.67. The standard InChI is InChI=1S/C16H21NO3/c1-3-7-12-10-14-17(13-8-5-4-6-9-13)15(18)16(19,20-14)11(12)2/h4-6,8-9,11-12,14,19H,3,7,10H2,1-2H3/t11-,12-,14+,16-/m1/s1.